The molecule has 0 atom stereocenters. The zero-order valence-corrected chi connectivity index (χ0v) is 15.4. The minimum Gasteiger partial charge on any atom is -0.462 e. The highest BCUT2D eigenvalue weighted by molar-refractivity contribution is 5.96. The van der Waals surface area contributed by atoms with Crippen molar-refractivity contribution < 1.29 is 23.9 Å². The highest BCUT2D eigenvalue weighted by Crippen LogP contribution is 2.11. The van der Waals surface area contributed by atoms with Gasteiger partial charge in [-0.25, -0.2) is 9.59 Å². The molecule has 0 radical (unpaired) electrons. The Balaban J connectivity index is 1.83. The predicted molar refractivity (Wildman–Crippen MR) is 102 cm³/mol. The number of nitriles is 1. The molecule has 2 aromatic carbocycles. The van der Waals surface area contributed by atoms with Gasteiger partial charge >= 0.3 is 11.9 Å². The van der Waals surface area contributed by atoms with Crippen LogP contribution in [0.2, 0.25) is 0 Å². The van der Waals surface area contributed by atoms with Gasteiger partial charge in [-0.15, -0.1) is 0 Å². The summed E-state index contributed by atoms with van der Waals surface area (Å²) in [4.78, 5) is 35.7. The molecule has 0 saturated heterocycles. The van der Waals surface area contributed by atoms with E-state index >= 15 is 0 Å². The summed E-state index contributed by atoms with van der Waals surface area (Å²) in [5, 5.41) is 11.4. The van der Waals surface area contributed by atoms with Gasteiger partial charge in [-0.1, -0.05) is 19.4 Å². The van der Waals surface area contributed by atoms with Crippen LogP contribution in [0, 0.1) is 11.3 Å². The lowest BCUT2D eigenvalue weighted by molar-refractivity contribution is -0.119. The second-order valence-corrected chi connectivity index (χ2v) is 5.88. The van der Waals surface area contributed by atoms with E-state index in [2.05, 4.69) is 5.32 Å². The normalized spacial score (nSPS) is 9.86. The number of nitrogens with zero attached hydrogens (tertiary/aromatic N) is 1. The van der Waals surface area contributed by atoms with Gasteiger partial charge in [0.25, 0.3) is 5.91 Å². The summed E-state index contributed by atoms with van der Waals surface area (Å²) in [6.07, 6.45) is 1.74. The number of carbonyl (C=O) groups excluding carboxylic acids is 3. The molecule has 28 heavy (non-hydrogen) atoms. The van der Waals surface area contributed by atoms with Crippen molar-refractivity contribution in [3.05, 3.63) is 65.2 Å². The first-order valence-corrected chi connectivity index (χ1v) is 8.77. The average Bonchev–Trinajstić information content (AvgIpc) is 2.72. The maximum Gasteiger partial charge on any atom is 0.338 e. The van der Waals surface area contributed by atoms with Crippen molar-refractivity contribution in [2.45, 2.75) is 19.8 Å². The van der Waals surface area contributed by atoms with E-state index in [1.54, 1.807) is 36.4 Å². The van der Waals surface area contributed by atoms with Gasteiger partial charge in [0.15, 0.2) is 6.61 Å². The molecular formula is C21H20N2O5. The zero-order valence-electron chi connectivity index (χ0n) is 15.4. The van der Waals surface area contributed by atoms with Gasteiger partial charge < -0.3 is 14.8 Å². The first-order valence-electron chi connectivity index (χ1n) is 8.77. The van der Waals surface area contributed by atoms with Crippen molar-refractivity contribution in [2.75, 3.05) is 18.5 Å². The van der Waals surface area contributed by atoms with E-state index in [9.17, 15) is 14.4 Å². The minimum atomic E-state index is -0.697. The summed E-state index contributed by atoms with van der Waals surface area (Å²) >= 11 is 0. The summed E-state index contributed by atoms with van der Waals surface area (Å²) in [5.41, 5.74) is 1.36. The number of anilines is 1. The molecule has 0 spiro atoms. The first kappa shape index (κ1) is 20.6. The Labute approximate surface area is 162 Å². The molecule has 0 bridgehead atoms. The molecule has 0 unspecified atom stereocenters. The lowest BCUT2D eigenvalue weighted by Gasteiger charge is -2.08. The number of rotatable bonds is 8. The second-order valence-electron chi connectivity index (χ2n) is 5.88. The molecule has 0 aromatic heterocycles. The van der Waals surface area contributed by atoms with Crippen molar-refractivity contribution >= 4 is 23.5 Å². The third kappa shape index (κ3) is 6.25. The van der Waals surface area contributed by atoms with Gasteiger partial charge in [-0.2, -0.15) is 5.26 Å². The van der Waals surface area contributed by atoms with Crippen LogP contribution in [0.1, 0.15) is 46.0 Å². The van der Waals surface area contributed by atoms with E-state index in [0.717, 1.165) is 12.8 Å². The van der Waals surface area contributed by atoms with E-state index in [0.29, 0.717) is 23.4 Å². The number of nitrogens with one attached hydrogen (secondary N) is 1. The molecule has 0 aliphatic carbocycles. The molecule has 0 aliphatic heterocycles. The maximum atomic E-state index is 11.9. The molecular weight excluding hydrogens is 360 g/mol. The lowest BCUT2D eigenvalue weighted by Crippen LogP contribution is -2.21. The fraction of sp³-hybridized carbons (Fsp3) is 0.238. The highest BCUT2D eigenvalue weighted by Gasteiger charge is 2.12. The summed E-state index contributed by atoms with van der Waals surface area (Å²) in [6, 6.07) is 14.1. The Kier molecular flexibility index (Phi) is 7.73. The van der Waals surface area contributed by atoms with Crippen LogP contribution in [-0.4, -0.2) is 31.1 Å². The summed E-state index contributed by atoms with van der Waals surface area (Å²) < 4.78 is 10.1. The molecule has 0 heterocycles. The van der Waals surface area contributed by atoms with E-state index in [1.165, 1.54) is 12.1 Å². The number of carbonyl (C=O) groups is 3. The zero-order chi connectivity index (χ0) is 20.4. The van der Waals surface area contributed by atoms with Crippen molar-refractivity contribution in [3.8, 4) is 6.07 Å². The Bertz CT molecular complexity index is 884. The third-order valence-corrected chi connectivity index (χ3v) is 3.70. The number of hydrogen-bond acceptors (Lipinski definition) is 6. The number of hydrogen-bond donors (Lipinski definition) is 1. The van der Waals surface area contributed by atoms with Gasteiger partial charge in [0.05, 0.1) is 29.4 Å². The summed E-state index contributed by atoms with van der Waals surface area (Å²) in [7, 11) is 0. The Morgan fingerprint density at radius 3 is 2.39 bits per heavy atom. The van der Waals surface area contributed by atoms with Crippen molar-refractivity contribution in [1.29, 1.82) is 5.26 Å². The van der Waals surface area contributed by atoms with Crippen LogP contribution in [0.3, 0.4) is 0 Å². The Hall–Kier alpha value is -3.66. The van der Waals surface area contributed by atoms with Gasteiger partial charge in [0, 0.05) is 5.69 Å². The molecule has 0 fully saturated rings. The number of unbranched alkanes of at least 4 members (excludes halogenated alkanes) is 1. The van der Waals surface area contributed by atoms with E-state index < -0.39 is 24.5 Å². The summed E-state index contributed by atoms with van der Waals surface area (Å²) in [6.45, 7) is 1.90. The second kappa shape index (κ2) is 10.5. The summed E-state index contributed by atoms with van der Waals surface area (Å²) in [5.74, 6) is -1.64. The standard InChI is InChI=1S/C21H20N2O5/c1-2-3-11-27-20(25)16-7-9-18(10-8-16)23-19(24)14-28-21(26)17-6-4-5-15(12-17)13-22/h4-10,12H,2-3,11,14H2,1H3,(H,23,24). The van der Waals surface area contributed by atoms with Crippen LogP contribution in [-0.2, 0) is 14.3 Å². The molecule has 1 amide bonds. The fourth-order valence-corrected chi connectivity index (χ4v) is 2.21. The molecule has 2 rings (SSSR count). The topological polar surface area (TPSA) is 105 Å². The Morgan fingerprint density at radius 2 is 1.71 bits per heavy atom. The van der Waals surface area contributed by atoms with Crippen LogP contribution in [0.25, 0.3) is 0 Å². The lowest BCUT2D eigenvalue weighted by atomic mass is 10.1. The van der Waals surface area contributed by atoms with Crippen LogP contribution in [0.5, 0.6) is 0 Å². The monoisotopic (exact) mass is 380 g/mol. The van der Waals surface area contributed by atoms with Gasteiger partial charge in [-0.3, -0.25) is 4.79 Å². The van der Waals surface area contributed by atoms with Crippen molar-refractivity contribution in [2.24, 2.45) is 0 Å². The van der Waals surface area contributed by atoms with E-state index in [-0.39, 0.29) is 5.56 Å². The first-order chi connectivity index (χ1) is 13.5. The number of ether oxygens (including phenoxy) is 2. The molecule has 2 aromatic rings. The predicted octanol–water partition coefficient (Wildman–Crippen LogP) is 3.31. The molecule has 144 valence electrons. The van der Waals surface area contributed by atoms with Crippen LogP contribution < -0.4 is 5.32 Å². The van der Waals surface area contributed by atoms with Crippen molar-refractivity contribution in [1.82, 2.24) is 0 Å². The quantitative estimate of drug-likeness (QED) is 0.556. The minimum absolute atomic E-state index is 0.192. The average molecular weight is 380 g/mol. The molecule has 7 heteroatoms. The maximum absolute atomic E-state index is 11.9. The molecule has 7 nitrogen and oxygen atoms in total. The Morgan fingerprint density at radius 1 is 1.00 bits per heavy atom. The van der Waals surface area contributed by atoms with Gasteiger partial charge in [-0.05, 0) is 48.9 Å². The molecule has 0 saturated carbocycles. The van der Waals surface area contributed by atoms with Gasteiger partial charge in [0.1, 0.15) is 0 Å². The smallest absolute Gasteiger partial charge is 0.338 e. The largest absolute Gasteiger partial charge is 0.462 e. The van der Waals surface area contributed by atoms with Crippen LogP contribution in [0.15, 0.2) is 48.5 Å². The van der Waals surface area contributed by atoms with E-state index in [1.807, 2.05) is 13.0 Å². The third-order valence-electron chi connectivity index (χ3n) is 3.70. The number of amides is 1. The van der Waals surface area contributed by atoms with Crippen LogP contribution in [0.4, 0.5) is 5.69 Å². The SMILES string of the molecule is CCCCOC(=O)c1ccc(NC(=O)COC(=O)c2cccc(C#N)c2)cc1. The molecule has 1 N–H and O–H groups in total. The fourth-order valence-electron chi connectivity index (χ4n) is 2.21. The van der Waals surface area contributed by atoms with Crippen LogP contribution >= 0.6 is 0 Å². The van der Waals surface area contributed by atoms with Gasteiger partial charge in [0.2, 0.25) is 0 Å². The van der Waals surface area contributed by atoms with E-state index in [4.69, 9.17) is 14.7 Å². The number of benzene rings is 2. The van der Waals surface area contributed by atoms with Crippen molar-refractivity contribution in [3.63, 3.8) is 0 Å². The highest BCUT2D eigenvalue weighted by atomic mass is 16.5. The number of esters is 2. The molecule has 0 aliphatic rings.